The Morgan fingerprint density at radius 2 is 2.12 bits per heavy atom. The summed E-state index contributed by atoms with van der Waals surface area (Å²) in [6.07, 6.45) is 9.74. The van der Waals surface area contributed by atoms with Crippen LogP contribution in [0.2, 0.25) is 0 Å². The minimum atomic E-state index is -0.477. The van der Waals surface area contributed by atoms with E-state index in [0.29, 0.717) is 5.92 Å². The summed E-state index contributed by atoms with van der Waals surface area (Å²) in [6.45, 7) is 8.50. The molecule has 0 spiro atoms. The van der Waals surface area contributed by atoms with Gasteiger partial charge in [-0.3, -0.25) is 0 Å². The Balaban J connectivity index is 2.75. The number of hydrogen-bond acceptors (Lipinski definition) is 1. The molecule has 16 heavy (non-hydrogen) atoms. The van der Waals surface area contributed by atoms with Crippen molar-refractivity contribution in [2.75, 3.05) is 0 Å². The molecule has 0 saturated carbocycles. The fourth-order valence-corrected chi connectivity index (χ4v) is 2.46. The van der Waals surface area contributed by atoms with Crippen LogP contribution in [0.1, 0.15) is 59.8 Å². The predicted molar refractivity (Wildman–Crippen MR) is 70.4 cm³/mol. The normalized spacial score (nSPS) is 32.1. The van der Waals surface area contributed by atoms with Crippen LogP contribution >= 0.6 is 0 Å². The molecular weight excluding hydrogens is 196 g/mol. The fraction of sp³-hybridized carbons (Fsp3) is 0.733. The van der Waals surface area contributed by atoms with Gasteiger partial charge < -0.3 is 5.11 Å². The second-order valence-electron chi connectivity index (χ2n) is 5.83. The van der Waals surface area contributed by atoms with E-state index in [1.54, 1.807) is 0 Å². The molecule has 2 unspecified atom stereocenters. The van der Waals surface area contributed by atoms with Crippen LogP contribution in [-0.4, -0.2) is 10.7 Å². The van der Waals surface area contributed by atoms with Crippen LogP contribution in [0.25, 0.3) is 0 Å². The number of rotatable bonds is 1. The Bertz CT molecular complexity index is 280. The molecule has 0 aliphatic heterocycles. The lowest BCUT2D eigenvalue weighted by Crippen LogP contribution is -2.24. The Morgan fingerprint density at radius 3 is 2.75 bits per heavy atom. The van der Waals surface area contributed by atoms with Gasteiger partial charge in [0.05, 0.1) is 5.60 Å². The van der Waals surface area contributed by atoms with Crippen LogP contribution in [-0.2, 0) is 0 Å². The third-order valence-corrected chi connectivity index (χ3v) is 3.38. The second-order valence-corrected chi connectivity index (χ2v) is 5.83. The summed E-state index contributed by atoms with van der Waals surface area (Å²) in [6, 6.07) is 0. The molecule has 1 nitrogen and oxygen atoms in total. The monoisotopic (exact) mass is 222 g/mol. The van der Waals surface area contributed by atoms with Gasteiger partial charge in [-0.1, -0.05) is 23.3 Å². The maximum Gasteiger partial charge on any atom is 0.0623 e. The van der Waals surface area contributed by atoms with Crippen molar-refractivity contribution >= 4 is 0 Å². The second kappa shape index (κ2) is 5.67. The minimum Gasteiger partial charge on any atom is -0.390 e. The molecule has 0 aromatic heterocycles. The lowest BCUT2D eigenvalue weighted by atomic mass is 9.89. The van der Waals surface area contributed by atoms with Gasteiger partial charge in [0.25, 0.3) is 0 Å². The SMILES string of the molecule is CC(C)=CC1CCC(C)(O)CCC=C(C)C1. The Morgan fingerprint density at radius 1 is 1.44 bits per heavy atom. The first kappa shape index (κ1) is 13.5. The van der Waals surface area contributed by atoms with Crippen molar-refractivity contribution in [3.05, 3.63) is 23.3 Å². The molecule has 0 aromatic rings. The van der Waals surface area contributed by atoms with E-state index in [4.69, 9.17) is 0 Å². The summed E-state index contributed by atoms with van der Waals surface area (Å²) in [4.78, 5) is 0. The van der Waals surface area contributed by atoms with Crippen molar-refractivity contribution in [3.8, 4) is 0 Å². The van der Waals surface area contributed by atoms with E-state index in [1.165, 1.54) is 11.1 Å². The largest absolute Gasteiger partial charge is 0.390 e. The molecule has 0 aromatic carbocycles. The van der Waals surface area contributed by atoms with Crippen molar-refractivity contribution < 1.29 is 5.11 Å². The summed E-state index contributed by atoms with van der Waals surface area (Å²) < 4.78 is 0. The predicted octanol–water partition coefficient (Wildman–Crippen LogP) is 4.23. The van der Waals surface area contributed by atoms with E-state index >= 15 is 0 Å². The van der Waals surface area contributed by atoms with E-state index in [2.05, 4.69) is 32.9 Å². The van der Waals surface area contributed by atoms with Gasteiger partial charge in [-0.25, -0.2) is 0 Å². The summed E-state index contributed by atoms with van der Waals surface area (Å²) in [5, 5.41) is 10.2. The molecule has 1 N–H and O–H groups in total. The first-order valence-electron chi connectivity index (χ1n) is 6.42. The molecule has 1 aliphatic carbocycles. The molecule has 0 saturated heterocycles. The standard InChI is InChI=1S/C15H26O/c1-12(2)10-14-7-9-15(4,16)8-5-6-13(3)11-14/h6,10,14,16H,5,7-9,11H2,1-4H3. The van der Waals surface area contributed by atoms with E-state index in [9.17, 15) is 5.11 Å². The zero-order valence-electron chi connectivity index (χ0n) is 11.2. The van der Waals surface area contributed by atoms with Gasteiger partial charge in [0.1, 0.15) is 0 Å². The molecule has 0 fully saturated rings. The van der Waals surface area contributed by atoms with Crippen LogP contribution in [0.15, 0.2) is 23.3 Å². The van der Waals surface area contributed by atoms with Crippen molar-refractivity contribution in [3.63, 3.8) is 0 Å². The van der Waals surface area contributed by atoms with E-state index < -0.39 is 5.60 Å². The molecule has 92 valence electrons. The van der Waals surface area contributed by atoms with Gasteiger partial charge in [-0.2, -0.15) is 0 Å². The molecule has 0 heterocycles. The Labute approximate surface area is 100 Å². The summed E-state index contributed by atoms with van der Waals surface area (Å²) in [7, 11) is 0. The first-order chi connectivity index (χ1) is 7.39. The van der Waals surface area contributed by atoms with Gasteiger partial charge in [0.15, 0.2) is 0 Å². The van der Waals surface area contributed by atoms with Crippen molar-refractivity contribution in [1.82, 2.24) is 0 Å². The third-order valence-electron chi connectivity index (χ3n) is 3.38. The number of aliphatic hydroxyl groups is 1. The van der Waals surface area contributed by atoms with Gasteiger partial charge in [-0.05, 0) is 65.7 Å². The lowest BCUT2D eigenvalue weighted by Gasteiger charge is -2.23. The van der Waals surface area contributed by atoms with E-state index in [-0.39, 0.29) is 0 Å². The van der Waals surface area contributed by atoms with Crippen molar-refractivity contribution in [2.45, 2.75) is 65.4 Å². The zero-order valence-corrected chi connectivity index (χ0v) is 11.2. The van der Waals surface area contributed by atoms with Crippen LogP contribution in [0.5, 0.6) is 0 Å². The molecule has 0 radical (unpaired) electrons. The molecule has 2 atom stereocenters. The highest BCUT2D eigenvalue weighted by Crippen LogP contribution is 2.29. The fourth-order valence-electron chi connectivity index (χ4n) is 2.46. The van der Waals surface area contributed by atoms with E-state index in [0.717, 1.165) is 32.1 Å². The van der Waals surface area contributed by atoms with Gasteiger partial charge in [0, 0.05) is 0 Å². The average molecular weight is 222 g/mol. The topological polar surface area (TPSA) is 20.2 Å². The molecule has 1 heteroatoms. The first-order valence-corrected chi connectivity index (χ1v) is 6.42. The smallest absolute Gasteiger partial charge is 0.0623 e. The van der Waals surface area contributed by atoms with Crippen LogP contribution in [0.4, 0.5) is 0 Å². The maximum atomic E-state index is 10.2. The molecular formula is C15H26O. The Hall–Kier alpha value is -0.560. The highest BCUT2D eigenvalue weighted by Gasteiger charge is 2.22. The maximum absolute atomic E-state index is 10.2. The average Bonchev–Trinajstić information content (AvgIpc) is 2.17. The number of allylic oxidation sites excluding steroid dienone is 4. The highest BCUT2D eigenvalue weighted by atomic mass is 16.3. The quantitative estimate of drug-likeness (QED) is 0.658. The van der Waals surface area contributed by atoms with E-state index in [1.807, 2.05) is 6.92 Å². The van der Waals surface area contributed by atoms with Gasteiger partial charge in [0.2, 0.25) is 0 Å². The zero-order chi connectivity index (χ0) is 12.2. The van der Waals surface area contributed by atoms with Crippen molar-refractivity contribution in [2.24, 2.45) is 5.92 Å². The van der Waals surface area contributed by atoms with Crippen LogP contribution in [0, 0.1) is 5.92 Å². The Kier molecular flexibility index (Phi) is 4.79. The number of hydrogen-bond donors (Lipinski definition) is 1. The van der Waals surface area contributed by atoms with Gasteiger partial charge >= 0.3 is 0 Å². The highest BCUT2D eigenvalue weighted by molar-refractivity contribution is 5.07. The molecule has 0 bridgehead atoms. The third kappa shape index (κ3) is 4.98. The lowest BCUT2D eigenvalue weighted by molar-refractivity contribution is 0.0387. The van der Waals surface area contributed by atoms with Crippen LogP contribution < -0.4 is 0 Å². The summed E-state index contributed by atoms with van der Waals surface area (Å²) in [5.74, 6) is 0.603. The molecule has 1 rings (SSSR count). The molecule has 0 amide bonds. The molecule has 1 aliphatic rings. The summed E-state index contributed by atoms with van der Waals surface area (Å²) in [5.41, 5.74) is 2.38. The minimum absolute atomic E-state index is 0.477. The van der Waals surface area contributed by atoms with Gasteiger partial charge in [-0.15, -0.1) is 0 Å². The van der Waals surface area contributed by atoms with Crippen molar-refractivity contribution in [1.29, 1.82) is 0 Å². The van der Waals surface area contributed by atoms with Crippen LogP contribution in [0.3, 0.4) is 0 Å². The summed E-state index contributed by atoms with van der Waals surface area (Å²) >= 11 is 0.